The number of hydrogen-bond donors (Lipinski definition) is 0. The van der Waals surface area contributed by atoms with Gasteiger partial charge in [-0.05, 0) is 30.5 Å². The molecule has 1 aliphatic heterocycles. The number of esters is 1. The number of hydrogen-bond acceptors (Lipinski definition) is 8. The zero-order valence-corrected chi connectivity index (χ0v) is 18.5. The maximum Gasteiger partial charge on any atom is 0.338 e. The van der Waals surface area contributed by atoms with Crippen LogP contribution >= 0.6 is 22.7 Å². The molecule has 4 rings (SSSR count). The number of allylic oxidation sites excluding steroid dienone is 1. The van der Waals surface area contributed by atoms with Gasteiger partial charge < -0.3 is 4.74 Å². The summed E-state index contributed by atoms with van der Waals surface area (Å²) in [5.74, 6) is -0.572. The van der Waals surface area contributed by atoms with Gasteiger partial charge in [-0.2, -0.15) is 0 Å². The number of aromatic nitrogens is 1. The van der Waals surface area contributed by atoms with Gasteiger partial charge in [-0.15, -0.1) is 11.3 Å². The summed E-state index contributed by atoms with van der Waals surface area (Å²) in [6.07, 6.45) is 2.96. The van der Waals surface area contributed by atoms with Crippen molar-refractivity contribution in [2.45, 2.75) is 13.0 Å². The average molecular weight is 468 g/mol. The Morgan fingerprint density at radius 2 is 2.12 bits per heavy atom. The van der Waals surface area contributed by atoms with Gasteiger partial charge in [0.05, 0.1) is 26.3 Å². The minimum Gasteiger partial charge on any atom is -0.458 e. The summed E-state index contributed by atoms with van der Waals surface area (Å²) in [5, 5.41) is 13.2. The minimum absolute atomic E-state index is 0.0366. The van der Waals surface area contributed by atoms with E-state index in [9.17, 15) is 19.7 Å². The number of para-hydroxylation sites is 1. The highest BCUT2D eigenvalue weighted by Crippen LogP contribution is 2.33. The van der Waals surface area contributed by atoms with Crippen molar-refractivity contribution in [2.75, 3.05) is 6.61 Å². The SMILES string of the molecule is C=CCOC(=O)C1=C(C)N=c2sc(=Cc3ccccc3[N+](=O)[O-])c(=O)n2C1c1cccs1. The second-order valence-corrected chi connectivity index (χ2v) is 8.79. The zero-order chi connectivity index (χ0) is 22.8. The number of carbonyl (C=O) groups excluding carboxylic acids is 1. The van der Waals surface area contributed by atoms with Crippen LogP contribution in [-0.2, 0) is 9.53 Å². The first-order valence-electron chi connectivity index (χ1n) is 9.49. The summed E-state index contributed by atoms with van der Waals surface area (Å²) in [6.45, 7) is 5.29. The van der Waals surface area contributed by atoms with E-state index in [4.69, 9.17) is 4.74 Å². The van der Waals surface area contributed by atoms with E-state index >= 15 is 0 Å². The maximum atomic E-state index is 13.4. The average Bonchev–Trinajstić information content (AvgIpc) is 3.40. The standard InChI is InChI=1S/C22H17N3O5S2/c1-3-10-30-21(27)18-13(2)23-22-24(19(18)16-9-6-11-31-16)20(26)17(32-22)12-14-7-4-5-8-15(14)25(28)29/h3-9,11-12,19H,1,10H2,2H3. The van der Waals surface area contributed by atoms with E-state index in [1.165, 1.54) is 34.1 Å². The number of benzene rings is 1. The topological polar surface area (TPSA) is 104 Å². The number of carbonyl (C=O) groups is 1. The smallest absolute Gasteiger partial charge is 0.338 e. The second-order valence-electron chi connectivity index (χ2n) is 6.80. The molecule has 0 spiro atoms. The van der Waals surface area contributed by atoms with Crippen molar-refractivity contribution in [3.63, 3.8) is 0 Å². The summed E-state index contributed by atoms with van der Waals surface area (Å²) in [6, 6.07) is 9.18. The number of nitro benzene ring substituents is 1. The number of thiophene rings is 1. The van der Waals surface area contributed by atoms with Crippen LogP contribution in [0.1, 0.15) is 23.4 Å². The Bertz CT molecular complexity index is 1430. The molecule has 0 N–H and O–H groups in total. The molecule has 32 heavy (non-hydrogen) atoms. The third kappa shape index (κ3) is 3.85. The van der Waals surface area contributed by atoms with Crippen LogP contribution < -0.4 is 14.9 Å². The number of rotatable bonds is 6. The molecule has 1 aliphatic rings. The Morgan fingerprint density at radius 3 is 2.81 bits per heavy atom. The number of thiazole rings is 1. The summed E-state index contributed by atoms with van der Waals surface area (Å²) in [7, 11) is 0. The van der Waals surface area contributed by atoms with E-state index in [0.717, 1.165) is 16.2 Å². The largest absolute Gasteiger partial charge is 0.458 e. The molecule has 10 heteroatoms. The van der Waals surface area contributed by atoms with Crippen LogP contribution in [0.15, 0.2) is 75.5 Å². The highest BCUT2D eigenvalue weighted by Gasteiger charge is 2.34. The van der Waals surface area contributed by atoms with Crippen molar-refractivity contribution in [3.05, 3.63) is 106 Å². The van der Waals surface area contributed by atoms with Gasteiger partial charge in [-0.1, -0.05) is 42.2 Å². The van der Waals surface area contributed by atoms with Crippen LogP contribution in [0.3, 0.4) is 0 Å². The van der Waals surface area contributed by atoms with Gasteiger partial charge in [-0.25, -0.2) is 9.79 Å². The lowest BCUT2D eigenvalue weighted by Gasteiger charge is -2.23. The van der Waals surface area contributed by atoms with Crippen LogP contribution in [0.4, 0.5) is 5.69 Å². The molecule has 0 amide bonds. The third-order valence-corrected chi connectivity index (χ3v) is 6.71. The maximum absolute atomic E-state index is 13.4. The lowest BCUT2D eigenvalue weighted by Crippen LogP contribution is -2.39. The molecule has 8 nitrogen and oxygen atoms in total. The van der Waals surface area contributed by atoms with Crippen molar-refractivity contribution in [1.29, 1.82) is 0 Å². The first-order valence-corrected chi connectivity index (χ1v) is 11.2. The molecular formula is C22H17N3O5S2. The lowest BCUT2D eigenvalue weighted by atomic mass is 10.0. The molecule has 3 aromatic rings. The third-order valence-electron chi connectivity index (χ3n) is 4.81. The van der Waals surface area contributed by atoms with Crippen LogP contribution in [0.2, 0.25) is 0 Å². The number of ether oxygens (including phenoxy) is 1. The van der Waals surface area contributed by atoms with Crippen molar-refractivity contribution < 1.29 is 14.5 Å². The van der Waals surface area contributed by atoms with Gasteiger partial charge >= 0.3 is 5.97 Å². The summed E-state index contributed by atoms with van der Waals surface area (Å²) < 4.78 is 7.00. The molecule has 0 saturated carbocycles. The number of nitro groups is 1. The van der Waals surface area contributed by atoms with Crippen molar-refractivity contribution in [2.24, 2.45) is 4.99 Å². The van der Waals surface area contributed by atoms with Crippen molar-refractivity contribution in [1.82, 2.24) is 4.57 Å². The Labute approximate surface area is 189 Å². The lowest BCUT2D eigenvalue weighted by molar-refractivity contribution is -0.385. The van der Waals surface area contributed by atoms with Crippen LogP contribution in [-0.4, -0.2) is 22.1 Å². The Kier molecular flexibility index (Phi) is 5.97. The first kappa shape index (κ1) is 21.6. The molecule has 1 atom stereocenters. The van der Waals surface area contributed by atoms with E-state index in [0.29, 0.717) is 16.1 Å². The molecule has 162 valence electrons. The van der Waals surface area contributed by atoms with Crippen LogP contribution in [0.25, 0.3) is 6.08 Å². The quantitative estimate of drug-likeness (QED) is 0.240. The van der Waals surface area contributed by atoms with Gasteiger partial charge in [0.25, 0.3) is 11.2 Å². The fraction of sp³-hybridized carbons (Fsp3) is 0.136. The molecule has 0 radical (unpaired) electrons. The van der Waals surface area contributed by atoms with Crippen molar-refractivity contribution >= 4 is 40.4 Å². The fourth-order valence-corrected chi connectivity index (χ4v) is 5.29. The van der Waals surface area contributed by atoms with E-state index in [-0.39, 0.29) is 28.0 Å². The van der Waals surface area contributed by atoms with Gasteiger partial charge in [-0.3, -0.25) is 19.5 Å². The normalized spacial score (nSPS) is 15.8. The Hall–Kier alpha value is -3.63. The predicted molar refractivity (Wildman–Crippen MR) is 122 cm³/mol. The first-order chi connectivity index (χ1) is 15.4. The number of fused-ring (bicyclic) bond motifs is 1. The Morgan fingerprint density at radius 1 is 1.34 bits per heavy atom. The van der Waals surface area contributed by atoms with Crippen LogP contribution in [0, 0.1) is 10.1 Å². The molecule has 0 fully saturated rings. The van der Waals surface area contributed by atoms with E-state index in [2.05, 4.69) is 11.6 Å². The molecular weight excluding hydrogens is 450 g/mol. The van der Waals surface area contributed by atoms with Crippen molar-refractivity contribution in [3.8, 4) is 0 Å². The predicted octanol–water partition coefficient (Wildman–Crippen LogP) is 2.93. The van der Waals surface area contributed by atoms with Gasteiger partial charge in [0.15, 0.2) is 4.80 Å². The molecule has 1 unspecified atom stereocenters. The minimum atomic E-state index is -0.698. The molecule has 0 aliphatic carbocycles. The van der Waals surface area contributed by atoms with E-state index in [1.807, 2.05) is 17.5 Å². The highest BCUT2D eigenvalue weighted by molar-refractivity contribution is 7.10. The molecule has 1 aromatic carbocycles. The van der Waals surface area contributed by atoms with Gasteiger partial charge in [0, 0.05) is 10.9 Å². The monoisotopic (exact) mass is 467 g/mol. The molecule has 0 bridgehead atoms. The van der Waals surface area contributed by atoms with Gasteiger partial charge in [0.1, 0.15) is 12.6 Å². The zero-order valence-electron chi connectivity index (χ0n) is 16.9. The summed E-state index contributed by atoms with van der Waals surface area (Å²) >= 11 is 2.53. The molecule has 3 heterocycles. The fourth-order valence-electron chi connectivity index (χ4n) is 3.43. The summed E-state index contributed by atoms with van der Waals surface area (Å²) in [5.41, 5.74) is 0.566. The second kappa shape index (κ2) is 8.85. The molecule has 0 saturated heterocycles. The highest BCUT2D eigenvalue weighted by atomic mass is 32.1. The van der Waals surface area contributed by atoms with Gasteiger partial charge in [0.2, 0.25) is 0 Å². The molecule has 2 aromatic heterocycles. The van der Waals surface area contributed by atoms with Crippen LogP contribution in [0.5, 0.6) is 0 Å². The van der Waals surface area contributed by atoms with E-state index < -0.39 is 16.9 Å². The number of nitrogens with zero attached hydrogens (tertiary/aromatic N) is 3. The Balaban J connectivity index is 1.93. The van der Waals surface area contributed by atoms with E-state index in [1.54, 1.807) is 25.1 Å². The summed E-state index contributed by atoms with van der Waals surface area (Å²) in [4.78, 5) is 42.8.